The van der Waals surface area contributed by atoms with Gasteiger partial charge in [0.05, 0.1) is 13.0 Å². The smallest absolute Gasteiger partial charge is 0.349 e. The predicted molar refractivity (Wildman–Crippen MR) is 81.4 cm³/mol. The second-order valence-corrected chi connectivity index (χ2v) is 7.77. The molecule has 0 aromatic carbocycles. The Balaban J connectivity index is 2.90. The van der Waals surface area contributed by atoms with E-state index in [1.54, 1.807) is 0 Å². The maximum Gasteiger partial charge on any atom is 0.349 e. The lowest BCUT2D eigenvalue weighted by Gasteiger charge is -2.15. The van der Waals surface area contributed by atoms with Gasteiger partial charge in [0.2, 0.25) is 10.0 Å². The summed E-state index contributed by atoms with van der Waals surface area (Å²) in [5.41, 5.74) is 0. The van der Waals surface area contributed by atoms with E-state index in [1.807, 2.05) is 13.8 Å². The van der Waals surface area contributed by atoms with Crippen molar-refractivity contribution in [2.24, 2.45) is 11.8 Å². The molecule has 0 aliphatic rings. The Morgan fingerprint density at radius 1 is 1.41 bits per heavy atom. The van der Waals surface area contributed by atoms with Crippen LogP contribution >= 0.6 is 11.3 Å². The highest BCUT2D eigenvalue weighted by molar-refractivity contribution is 7.89. The number of rotatable bonds is 8. The number of sulfonamides is 1. The van der Waals surface area contributed by atoms with Gasteiger partial charge in [0, 0.05) is 6.54 Å². The standard InChI is InChI=1S/C13H19NO6S2/c1-8(2)6-9(12(15)16)7-14-22(18,19)10-4-5-21-11(10)13(17)20-3/h4-5,8-9,14H,6-7H2,1-3H3,(H,15,16). The van der Waals surface area contributed by atoms with Gasteiger partial charge in [-0.25, -0.2) is 17.9 Å². The van der Waals surface area contributed by atoms with E-state index in [9.17, 15) is 18.0 Å². The third-order valence-corrected chi connectivity index (χ3v) is 5.40. The van der Waals surface area contributed by atoms with Gasteiger partial charge >= 0.3 is 11.9 Å². The van der Waals surface area contributed by atoms with Crippen LogP contribution in [0.25, 0.3) is 0 Å². The van der Waals surface area contributed by atoms with E-state index in [1.165, 1.54) is 11.4 Å². The highest BCUT2D eigenvalue weighted by atomic mass is 32.2. The van der Waals surface area contributed by atoms with Gasteiger partial charge in [-0.05, 0) is 23.8 Å². The van der Waals surface area contributed by atoms with E-state index in [4.69, 9.17) is 5.11 Å². The fourth-order valence-corrected chi connectivity index (χ4v) is 4.29. The molecule has 0 amide bonds. The number of carbonyl (C=O) groups excluding carboxylic acids is 1. The highest BCUT2D eigenvalue weighted by Gasteiger charge is 2.27. The first-order valence-electron chi connectivity index (χ1n) is 6.57. The highest BCUT2D eigenvalue weighted by Crippen LogP contribution is 2.23. The van der Waals surface area contributed by atoms with E-state index < -0.39 is 27.9 Å². The van der Waals surface area contributed by atoms with Crippen molar-refractivity contribution in [2.45, 2.75) is 25.2 Å². The first-order chi connectivity index (χ1) is 10.2. The predicted octanol–water partition coefficient (Wildman–Crippen LogP) is 1.56. The summed E-state index contributed by atoms with van der Waals surface area (Å²) in [5, 5.41) is 10.6. The van der Waals surface area contributed by atoms with Crippen molar-refractivity contribution >= 4 is 33.3 Å². The third kappa shape index (κ3) is 4.79. The van der Waals surface area contributed by atoms with E-state index in [2.05, 4.69) is 9.46 Å². The van der Waals surface area contributed by atoms with Crippen LogP contribution in [0.3, 0.4) is 0 Å². The molecule has 7 nitrogen and oxygen atoms in total. The number of thiophene rings is 1. The monoisotopic (exact) mass is 349 g/mol. The minimum absolute atomic E-state index is 0.0364. The van der Waals surface area contributed by atoms with Gasteiger partial charge in [0.15, 0.2) is 0 Å². The molecule has 1 unspecified atom stereocenters. The van der Waals surface area contributed by atoms with Crippen molar-refractivity contribution in [3.8, 4) is 0 Å². The molecule has 1 atom stereocenters. The van der Waals surface area contributed by atoms with Gasteiger partial charge in [-0.2, -0.15) is 0 Å². The molecule has 2 N–H and O–H groups in total. The minimum atomic E-state index is -3.97. The van der Waals surface area contributed by atoms with E-state index in [-0.39, 0.29) is 22.2 Å². The molecule has 1 rings (SSSR count). The van der Waals surface area contributed by atoms with Gasteiger partial charge in [-0.3, -0.25) is 4.79 Å². The van der Waals surface area contributed by atoms with Gasteiger partial charge in [-0.15, -0.1) is 11.3 Å². The summed E-state index contributed by atoms with van der Waals surface area (Å²) in [6.45, 7) is 3.49. The third-order valence-electron chi connectivity index (χ3n) is 2.91. The molecule has 1 heterocycles. The average Bonchev–Trinajstić information content (AvgIpc) is 2.92. The summed E-state index contributed by atoms with van der Waals surface area (Å²) < 4.78 is 31.3. The van der Waals surface area contributed by atoms with Crippen molar-refractivity contribution in [3.05, 3.63) is 16.3 Å². The van der Waals surface area contributed by atoms with Gasteiger partial charge < -0.3 is 9.84 Å². The number of ether oxygens (including phenoxy) is 1. The van der Waals surface area contributed by atoms with Crippen LogP contribution in [0.15, 0.2) is 16.3 Å². The Kier molecular flexibility index (Phi) is 6.51. The molecule has 0 aliphatic carbocycles. The molecule has 0 spiro atoms. The summed E-state index contributed by atoms with van der Waals surface area (Å²) in [7, 11) is -2.81. The maximum absolute atomic E-state index is 12.2. The van der Waals surface area contributed by atoms with Crippen molar-refractivity contribution in [1.82, 2.24) is 4.72 Å². The average molecular weight is 349 g/mol. The van der Waals surface area contributed by atoms with Crippen LogP contribution in [-0.4, -0.2) is 39.1 Å². The number of hydrogen-bond donors (Lipinski definition) is 2. The first-order valence-corrected chi connectivity index (χ1v) is 8.93. The molecule has 0 saturated carbocycles. The molecular weight excluding hydrogens is 330 g/mol. The van der Waals surface area contributed by atoms with E-state index in [0.717, 1.165) is 18.4 Å². The van der Waals surface area contributed by atoms with Gasteiger partial charge in [0.25, 0.3) is 0 Å². The molecule has 0 bridgehead atoms. The second-order valence-electron chi connectivity index (χ2n) is 5.12. The normalized spacial score (nSPS) is 13.1. The minimum Gasteiger partial charge on any atom is -0.481 e. The van der Waals surface area contributed by atoms with Crippen LogP contribution in [0.2, 0.25) is 0 Å². The van der Waals surface area contributed by atoms with Gasteiger partial charge in [0.1, 0.15) is 9.77 Å². The second kappa shape index (κ2) is 7.70. The summed E-state index contributed by atoms with van der Waals surface area (Å²) in [6, 6.07) is 1.29. The van der Waals surface area contributed by atoms with Crippen molar-refractivity contribution in [3.63, 3.8) is 0 Å². The Morgan fingerprint density at radius 3 is 2.55 bits per heavy atom. The summed E-state index contributed by atoms with van der Waals surface area (Å²) in [6.07, 6.45) is 0.353. The Bertz CT molecular complexity index is 635. The number of carboxylic acid groups (broad SMARTS) is 1. The topological polar surface area (TPSA) is 110 Å². The zero-order chi connectivity index (χ0) is 16.9. The molecule has 0 saturated heterocycles. The quantitative estimate of drug-likeness (QED) is 0.689. The Labute approximate surface area is 133 Å². The van der Waals surface area contributed by atoms with Crippen LogP contribution in [0.4, 0.5) is 0 Å². The number of hydrogen-bond acceptors (Lipinski definition) is 6. The molecule has 0 fully saturated rings. The number of aliphatic carboxylic acids is 1. The van der Waals surface area contributed by atoms with E-state index in [0.29, 0.717) is 6.42 Å². The lowest BCUT2D eigenvalue weighted by molar-refractivity contribution is -0.142. The number of esters is 1. The van der Waals surface area contributed by atoms with Crippen LogP contribution in [0.1, 0.15) is 29.9 Å². The van der Waals surface area contributed by atoms with E-state index >= 15 is 0 Å². The number of carboxylic acids is 1. The molecule has 0 radical (unpaired) electrons. The maximum atomic E-state index is 12.2. The molecule has 124 valence electrons. The molecule has 1 aromatic heterocycles. The first kappa shape index (κ1) is 18.6. The number of carbonyl (C=O) groups is 2. The van der Waals surface area contributed by atoms with Crippen molar-refractivity contribution < 1.29 is 27.9 Å². The Hall–Kier alpha value is -1.45. The molecular formula is C13H19NO6S2. The van der Waals surface area contributed by atoms with Crippen LogP contribution in [0.5, 0.6) is 0 Å². The Morgan fingerprint density at radius 2 is 2.05 bits per heavy atom. The van der Waals surface area contributed by atoms with Crippen LogP contribution in [0, 0.1) is 11.8 Å². The lowest BCUT2D eigenvalue weighted by atomic mass is 9.98. The fourth-order valence-electron chi connectivity index (χ4n) is 1.88. The molecule has 9 heteroatoms. The zero-order valence-electron chi connectivity index (χ0n) is 12.5. The van der Waals surface area contributed by atoms with Crippen molar-refractivity contribution in [1.29, 1.82) is 0 Å². The molecule has 22 heavy (non-hydrogen) atoms. The zero-order valence-corrected chi connectivity index (χ0v) is 14.2. The fraction of sp³-hybridized carbons (Fsp3) is 0.538. The molecule has 1 aromatic rings. The van der Waals surface area contributed by atoms with Crippen LogP contribution in [-0.2, 0) is 19.6 Å². The van der Waals surface area contributed by atoms with Crippen LogP contribution < -0.4 is 4.72 Å². The molecule has 0 aliphatic heterocycles. The van der Waals surface area contributed by atoms with Crippen molar-refractivity contribution in [2.75, 3.05) is 13.7 Å². The number of nitrogens with one attached hydrogen (secondary N) is 1. The summed E-state index contributed by atoms with van der Waals surface area (Å²) in [4.78, 5) is 22.5. The summed E-state index contributed by atoms with van der Waals surface area (Å²) in [5.74, 6) is -2.50. The van der Waals surface area contributed by atoms with Gasteiger partial charge in [-0.1, -0.05) is 13.8 Å². The SMILES string of the molecule is COC(=O)c1sccc1S(=O)(=O)NCC(CC(C)C)C(=O)O. The largest absolute Gasteiger partial charge is 0.481 e. The lowest BCUT2D eigenvalue weighted by Crippen LogP contribution is -2.34. The summed E-state index contributed by atoms with van der Waals surface area (Å²) >= 11 is 0.950. The number of methoxy groups -OCH3 is 1.